The van der Waals surface area contributed by atoms with Crippen LogP contribution in [0.5, 0.6) is 5.75 Å². The van der Waals surface area contributed by atoms with E-state index in [1.54, 1.807) is 25.4 Å². The highest BCUT2D eigenvalue weighted by atomic mass is 16.5. The number of aryl methyl sites for hydroxylation is 1. The van der Waals surface area contributed by atoms with Crippen LogP contribution in [0.3, 0.4) is 0 Å². The Morgan fingerprint density at radius 2 is 1.88 bits per heavy atom. The number of carbonyl (C=O) groups excluding carboxylic acids is 1. The molecule has 2 N–H and O–H groups in total. The van der Waals surface area contributed by atoms with Gasteiger partial charge in [-0.3, -0.25) is 15.1 Å². The van der Waals surface area contributed by atoms with Crippen LogP contribution in [-0.2, 0) is 0 Å². The summed E-state index contributed by atoms with van der Waals surface area (Å²) >= 11 is 0. The second-order valence-electron chi connectivity index (χ2n) is 8.84. The lowest BCUT2D eigenvalue weighted by molar-refractivity contribution is 0.102. The molecule has 1 fully saturated rings. The summed E-state index contributed by atoms with van der Waals surface area (Å²) in [6.45, 7) is 2.03. The normalized spacial score (nSPS) is 18.1. The Morgan fingerprint density at radius 3 is 2.68 bits per heavy atom. The number of rotatable bonds is 5. The molecule has 2 aromatic heterocycles. The van der Waals surface area contributed by atoms with Crippen LogP contribution >= 0.6 is 0 Å². The molecular weight excluding hydrogens is 428 g/mol. The number of pyridine rings is 1. The van der Waals surface area contributed by atoms with Crippen molar-refractivity contribution in [3.63, 3.8) is 0 Å². The first-order valence-electron chi connectivity index (χ1n) is 11.6. The van der Waals surface area contributed by atoms with Gasteiger partial charge in [-0.15, -0.1) is 0 Å². The Morgan fingerprint density at radius 1 is 1.09 bits per heavy atom. The highest BCUT2D eigenvalue weighted by molar-refractivity contribution is 6.04. The van der Waals surface area contributed by atoms with E-state index in [4.69, 9.17) is 9.72 Å². The minimum absolute atomic E-state index is 0.174. The number of benzene rings is 2. The zero-order valence-electron chi connectivity index (χ0n) is 19.4. The highest BCUT2D eigenvalue weighted by Gasteiger charge is 2.26. The number of para-hydroxylation sites is 1. The number of imidazole rings is 1. The maximum absolute atomic E-state index is 13.3. The summed E-state index contributed by atoms with van der Waals surface area (Å²) in [5.41, 5.74) is 4.94. The Hall–Kier alpha value is -3.71. The lowest BCUT2D eigenvalue weighted by atomic mass is 9.93. The van der Waals surface area contributed by atoms with Crippen molar-refractivity contribution in [2.75, 3.05) is 12.4 Å². The van der Waals surface area contributed by atoms with Gasteiger partial charge >= 0.3 is 0 Å². The average Bonchev–Trinajstić information content (AvgIpc) is 3.21. The summed E-state index contributed by atoms with van der Waals surface area (Å²) in [6, 6.07) is 17.4. The Bertz CT molecular complexity index is 1340. The van der Waals surface area contributed by atoms with Gasteiger partial charge in [0.2, 0.25) is 5.95 Å². The van der Waals surface area contributed by atoms with Crippen LogP contribution in [0.25, 0.3) is 22.3 Å². The number of amides is 1. The summed E-state index contributed by atoms with van der Waals surface area (Å²) in [5, 5.41) is 13.0. The predicted molar refractivity (Wildman–Crippen MR) is 132 cm³/mol. The van der Waals surface area contributed by atoms with Crippen molar-refractivity contribution in [1.29, 1.82) is 0 Å². The van der Waals surface area contributed by atoms with Crippen molar-refractivity contribution in [1.82, 2.24) is 14.5 Å². The highest BCUT2D eigenvalue weighted by Crippen LogP contribution is 2.35. The molecule has 2 aromatic carbocycles. The van der Waals surface area contributed by atoms with Gasteiger partial charge in [0.15, 0.2) is 0 Å². The van der Waals surface area contributed by atoms with E-state index in [1.807, 2.05) is 37.3 Å². The van der Waals surface area contributed by atoms with Gasteiger partial charge in [0, 0.05) is 23.4 Å². The molecule has 0 radical (unpaired) electrons. The Labute approximate surface area is 198 Å². The van der Waals surface area contributed by atoms with Gasteiger partial charge in [0.1, 0.15) is 5.75 Å². The molecule has 7 heteroatoms. The fraction of sp³-hybridized carbons (Fsp3) is 0.296. The number of hydrogen-bond donors (Lipinski definition) is 2. The first-order valence-corrected chi connectivity index (χ1v) is 11.6. The second-order valence-corrected chi connectivity index (χ2v) is 8.84. The largest absolute Gasteiger partial charge is 0.496 e. The van der Waals surface area contributed by atoms with E-state index in [9.17, 15) is 9.90 Å². The summed E-state index contributed by atoms with van der Waals surface area (Å²) in [6.07, 6.45) is 4.56. The fourth-order valence-corrected chi connectivity index (χ4v) is 4.73. The molecule has 1 amide bonds. The van der Waals surface area contributed by atoms with E-state index in [0.29, 0.717) is 23.0 Å². The number of ether oxygens (including phenoxy) is 1. The van der Waals surface area contributed by atoms with Crippen molar-refractivity contribution in [2.24, 2.45) is 0 Å². The van der Waals surface area contributed by atoms with Crippen LogP contribution in [0.15, 0.2) is 60.8 Å². The van der Waals surface area contributed by atoms with Gasteiger partial charge in [-0.25, -0.2) is 4.98 Å². The molecule has 0 unspecified atom stereocenters. The minimum atomic E-state index is -0.253. The van der Waals surface area contributed by atoms with Crippen molar-refractivity contribution in [2.45, 2.75) is 44.8 Å². The standard InChI is InChI=1S/C27H28N4O3/c1-17-7-12-24-23(15-17)29-27(31(24)19-8-10-20(32)11-9-19)30-26(33)18-13-14-28-22(16-18)21-5-3-4-6-25(21)34-2/h3-7,12-16,19-20,32H,8-11H2,1-2H3,(H,29,30,33). The van der Waals surface area contributed by atoms with E-state index in [-0.39, 0.29) is 18.1 Å². The van der Waals surface area contributed by atoms with Crippen LogP contribution < -0.4 is 10.1 Å². The maximum atomic E-state index is 13.3. The zero-order valence-corrected chi connectivity index (χ0v) is 19.4. The maximum Gasteiger partial charge on any atom is 0.258 e. The monoisotopic (exact) mass is 456 g/mol. The number of methoxy groups -OCH3 is 1. The number of nitrogens with one attached hydrogen (secondary N) is 1. The van der Waals surface area contributed by atoms with Gasteiger partial charge in [-0.05, 0) is 74.6 Å². The van der Waals surface area contributed by atoms with Crippen LogP contribution in [0.1, 0.15) is 47.6 Å². The summed E-state index contributed by atoms with van der Waals surface area (Å²) in [7, 11) is 1.62. The molecule has 4 aromatic rings. The average molecular weight is 457 g/mol. The number of fused-ring (bicyclic) bond motifs is 1. The fourth-order valence-electron chi connectivity index (χ4n) is 4.73. The number of aliphatic hydroxyl groups excluding tert-OH is 1. The number of carbonyl (C=O) groups is 1. The van der Waals surface area contributed by atoms with E-state index in [0.717, 1.165) is 47.8 Å². The quantitative estimate of drug-likeness (QED) is 0.434. The van der Waals surface area contributed by atoms with Crippen LogP contribution in [0.4, 0.5) is 5.95 Å². The van der Waals surface area contributed by atoms with Gasteiger partial charge in [-0.1, -0.05) is 18.2 Å². The number of aliphatic hydroxyl groups is 1. The molecule has 1 aliphatic rings. The summed E-state index contributed by atoms with van der Waals surface area (Å²) < 4.78 is 7.58. The molecule has 1 aliphatic carbocycles. The van der Waals surface area contributed by atoms with E-state index in [1.165, 1.54) is 0 Å². The number of hydrogen-bond acceptors (Lipinski definition) is 5. The number of aromatic nitrogens is 3. The molecule has 174 valence electrons. The minimum Gasteiger partial charge on any atom is -0.496 e. The molecule has 7 nitrogen and oxygen atoms in total. The first-order chi connectivity index (χ1) is 16.5. The lowest BCUT2D eigenvalue weighted by Crippen LogP contribution is -2.23. The zero-order chi connectivity index (χ0) is 23.7. The lowest BCUT2D eigenvalue weighted by Gasteiger charge is -2.28. The molecule has 34 heavy (non-hydrogen) atoms. The number of anilines is 1. The van der Waals surface area contributed by atoms with Gasteiger partial charge in [-0.2, -0.15) is 0 Å². The smallest absolute Gasteiger partial charge is 0.258 e. The topological polar surface area (TPSA) is 89.3 Å². The van der Waals surface area contributed by atoms with Gasteiger partial charge < -0.3 is 14.4 Å². The molecule has 0 atom stereocenters. The van der Waals surface area contributed by atoms with E-state index < -0.39 is 0 Å². The third-order valence-corrected chi connectivity index (χ3v) is 6.51. The first kappa shape index (κ1) is 22.1. The van der Waals surface area contributed by atoms with Crippen LogP contribution in [0.2, 0.25) is 0 Å². The third-order valence-electron chi connectivity index (χ3n) is 6.51. The molecule has 0 spiro atoms. The van der Waals surface area contributed by atoms with Crippen molar-refractivity contribution < 1.29 is 14.6 Å². The SMILES string of the molecule is COc1ccccc1-c1cc(C(=O)Nc2nc3cc(C)ccc3n2C2CCC(O)CC2)ccn1. The van der Waals surface area contributed by atoms with Gasteiger partial charge in [0.25, 0.3) is 5.91 Å². The second kappa shape index (κ2) is 9.27. The van der Waals surface area contributed by atoms with Gasteiger partial charge in [0.05, 0.1) is 29.9 Å². The third kappa shape index (κ3) is 4.26. The van der Waals surface area contributed by atoms with E-state index in [2.05, 4.69) is 27.0 Å². The predicted octanol–water partition coefficient (Wildman–Crippen LogP) is 5.14. The Kier molecular flexibility index (Phi) is 6.02. The molecular formula is C27H28N4O3. The molecule has 5 rings (SSSR count). The van der Waals surface area contributed by atoms with Crippen molar-refractivity contribution in [3.8, 4) is 17.0 Å². The van der Waals surface area contributed by atoms with Crippen molar-refractivity contribution in [3.05, 3.63) is 71.9 Å². The molecule has 0 saturated heterocycles. The number of nitrogens with zero attached hydrogens (tertiary/aromatic N) is 3. The molecule has 0 aliphatic heterocycles. The molecule has 0 bridgehead atoms. The Balaban J connectivity index is 1.49. The summed E-state index contributed by atoms with van der Waals surface area (Å²) in [4.78, 5) is 22.5. The molecule has 2 heterocycles. The molecule has 1 saturated carbocycles. The van der Waals surface area contributed by atoms with Crippen LogP contribution in [-0.4, -0.2) is 38.8 Å². The summed E-state index contributed by atoms with van der Waals surface area (Å²) in [5.74, 6) is 0.981. The van der Waals surface area contributed by atoms with Crippen molar-refractivity contribution >= 4 is 22.9 Å². The van der Waals surface area contributed by atoms with E-state index >= 15 is 0 Å². The van der Waals surface area contributed by atoms with Crippen LogP contribution in [0, 0.1) is 6.92 Å².